The van der Waals surface area contributed by atoms with Gasteiger partial charge in [0, 0.05) is 0 Å². The van der Waals surface area contributed by atoms with Crippen LogP contribution >= 0.6 is 0 Å². The summed E-state index contributed by atoms with van der Waals surface area (Å²) in [7, 11) is 0. The van der Waals surface area contributed by atoms with Gasteiger partial charge in [-0.1, -0.05) is 31.5 Å². The fraction of sp³-hybridized carbons (Fsp3) is 0.500. The summed E-state index contributed by atoms with van der Waals surface area (Å²) in [6.45, 7) is 2.03. The van der Waals surface area contributed by atoms with E-state index in [0.717, 1.165) is 12.8 Å². The summed E-state index contributed by atoms with van der Waals surface area (Å²) in [4.78, 5) is 0. The second kappa shape index (κ2) is 5.76. The maximum absolute atomic E-state index is 13.1. The summed E-state index contributed by atoms with van der Waals surface area (Å²) >= 11 is 0. The predicted molar refractivity (Wildman–Crippen MR) is 55.6 cm³/mol. The molecule has 0 radical (unpaired) electrons. The fourth-order valence-electron chi connectivity index (χ4n) is 1.50. The molecule has 2 heteroatoms. The molecule has 0 aromatic heterocycles. The number of aliphatic hydroxyl groups is 1. The Bertz CT molecular complexity index is 273. The van der Waals surface area contributed by atoms with Crippen LogP contribution in [0.3, 0.4) is 0 Å². The predicted octanol–water partition coefficient (Wildman–Crippen LogP) is 2.92. The topological polar surface area (TPSA) is 20.2 Å². The van der Waals surface area contributed by atoms with Crippen LogP contribution in [0, 0.1) is 5.82 Å². The van der Waals surface area contributed by atoms with Crippen molar-refractivity contribution in [3.05, 3.63) is 35.6 Å². The Labute approximate surface area is 84.6 Å². The average molecular weight is 196 g/mol. The number of aryl methyl sites for hydroxylation is 1. The van der Waals surface area contributed by atoms with Crippen LogP contribution in [0.2, 0.25) is 0 Å². The first-order valence-corrected chi connectivity index (χ1v) is 5.15. The highest BCUT2D eigenvalue weighted by atomic mass is 19.1. The third-order valence-electron chi connectivity index (χ3n) is 2.33. The lowest BCUT2D eigenvalue weighted by Gasteiger charge is -2.08. The van der Waals surface area contributed by atoms with Crippen LogP contribution in [-0.4, -0.2) is 11.2 Å². The molecule has 1 aromatic carbocycles. The van der Waals surface area contributed by atoms with Gasteiger partial charge in [-0.2, -0.15) is 0 Å². The van der Waals surface area contributed by atoms with Crippen LogP contribution in [0.5, 0.6) is 0 Å². The zero-order chi connectivity index (χ0) is 10.4. The Kier molecular flexibility index (Phi) is 4.60. The maximum Gasteiger partial charge on any atom is 0.126 e. The van der Waals surface area contributed by atoms with Gasteiger partial charge in [0.25, 0.3) is 0 Å². The van der Waals surface area contributed by atoms with Gasteiger partial charge in [0.2, 0.25) is 0 Å². The first-order valence-electron chi connectivity index (χ1n) is 5.15. The number of aliphatic hydroxyl groups excluding tert-OH is 1. The van der Waals surface area contributed by atoms with Crippen molar-refractivity contribution in [1.29, 1.82) is 0 Å². The van der Waals surface area contributed by atoms with Crippen LogP contribution in [0.25, 0.3) is 0 Å². The standard InChI is InChI=1S/C12H17FO/c1-2-5-11(14)9-8-10-6-3-4-7-12(10)13/h3-4,6-7,11,14H,2,5,8-9H2,1H3. The molecule has 1 unspecified atom stereocenters. The summed E-state index contributed by atoms with van der Waals surface area (Å²) in [5, 5.41) is 9.48. The van der Waals surface area contributed by atoms with E-state index in [-0.39, 0.29) is 11.9 Å². The molecule has 78 valence electrons. The largest absolute Gasteiger partial charge is 0.393 e. The lowest BCUT2D eigenvalue weighted by Crippen LogP contribution is -2.07. The van der Waals surface area contributed by atoms with E-state index < -0.39 is 0 Å². The Morgan fingerprint density at radius 3 is 2.64 bits per heavy atom. The molecule has 1 nitrogen and oxygen atoms in total. The van der Waals surface area contributed by atoms with E-state index in [2.05, 4.69) is 0 Å². The van der Waals surface area contributed by atoms with E-state index in [1.807, 2.05) is 13.0 Å². The lowest BCUT2D eigenvalue weighted by atomic mass is 10.0. The molecular weight excluding hydrogens is 179 g/mol. The van der Waals surface area contributed by atoms with Crippen molar-refractivity contribution in [3.8, 4) is 0 Å². The zero-order valence-corrected chi connectivity index (χ0v) is 8.54. The van der Waals surface area contributed by atoms with Crippen molar-refractivity contribution < 1.29 is 9.50 Å². The van der Waals surface area contributed by atoms with Gasteiger partial charge in [-0.15, -0.1) is 0 Å². The number of halogens is 1. The Balaban J connectivity index is 2.41. The Hall–Kier alpha value is -0.890. The monoisotopic (exact) mass is 196 g/mol. The van der Waals surface area contributed by atoms with Gasteiger partial charge >= 0.3 is 0 Å². The third kappa shape index (κ3) is 3.46. The van der Waals surface area contributed by atoms with Gasteiger partial charge in [-0.25, -0.2) is 4.39 Å². The normalized spacial score (nSPS) is 12.8. The molecule has 1 N–H and O–H groups in total. The van der Waals surface area contributed by atoms with E-state index in [1.165, 1.54) is 6.07 Å². The van der Waals surface area contributed by atoms with Gasteiger partial charge in [0.05, 0.1) is 6.10 Å². The summed E-state index contributed by atoms with van der Waals surface area (Å²) in [5.41, 5.74) is 0.697. The minimum absolute atomic E-state index is 0.170. The van der Waals surface area contributed by atoms with Gasteiger partial charge in [-0.3, -0.25) is 0 Å². The summed E-state index contributed by atoms with van der Waals surface area (Å²) in [6.07, 6.45) is 2.75. The van der Waals surface area contributed by atoms with E-state index in [9.17, 15) is 9.50 Å². The molecule has 0 aliphatic rings. The van der Waals surface area contributed by atoms with Crippen LogP contribution in [0.4, 0.5) is 4.39 Å². The van der Waals surface area contributed by atoms with Crippen molar-refractivity contribution in [3.63, 3.8) is 0 Å². The lowest BCUT2D eigenvalue weighted by molar-refractivity contribution is 0.153. The SMILES string of the molecule is CCCC(O)CCc1ccccc1F. The zero-order valence-electron chi connectivity index (χ0n) is 8.54. The molecule has 0 aliphatic carbocycles. The van der Waals surface area contributed by atoms with E-state index in [1.54, 1.807) is 12.1 Å². The van der Waals surface area contributed by atoms with Crippen molar-refractivity contribution in [2.75, 3.05) is 0 Å². The third-order valence-corrected chi connectivity index (χ3v) is 2.33. The molecule has 0 fully saturated rings. The highest BCUT2D eigenvalue weighted by molar-refractivity contribution is 5.17. The van der Waals surface area contributed by atoms with Gasteiger partial charge in [-0.05, 0) is 30.9 Å². The van der Waals surface area contributed by atoms with Crippen molar-refractivity contribution in [1.82, 2.24) is 0 Å². The van der Waals surface area contributed by atoms with Crippen molar-refractivity contribution >= 4 is 0 Å². The molecule has 0 spiro atoms. The highest BCUT2D eigenvalue weighted by Gasteiger charge is 2.05. The van der Waals surface area contributed by atoms with Crippen molar-refractivity contribution in [2.24, 2.45) is 0 Å². The molecular formula is C12H17FO. The second-order valence-corrected chi connectivity index (χ2v) is 3.57. The Morgan fingerprint density at radius 1 is 1.29 bits per heavy atom. The molecule has 1 aromatic rings. The van der Waals surface area contributed by atoms with Crippen LogP contribution in [-0.2, 0) is 6.42 Å². The van der Waals surface area contributed by atoms with Gasteiger partial charge < -0.3 is 5.11 Å². The molecule has 1 rings (SSSR count). The molecule has 0 saturated carbocycles. The maximum atomic E-state index is 13.1. The number of hydrogen-bond acceptors (Lipinski definition) is 1. The summed E-state index contributed by atoms with van der Waals surface area (Å²) < 4.78 is 13.1. The molecule has 0 saturated heterocycles. The number of rotatable bonds is 5. The first kappa shape index (κ1) is 11.2. The minimum atomic E-state index is -0.292. The van der Waals surface area contributed by atoms with E-state index >= 15 is 0 Å². The van der Waals surface area contributed by atoms with E-state index in [0.29, 0.717) is 18.4 Å². The first-order chi connectivity index (χ1) is 6.74. The molecule has 0 aliphatic heterocycles. The smallest absolute Gasteiger partial charge is 0.126 e. The van der Waals surface area contributed by atoms with Crippen LogP contribution in [0.1, 0.15) is 31.7 Å². The molecule has 0 bridgehead atoms. The molecule has 0 amide bonds. The molecule has 1 atom stereocenters. The van der Waals surface area contributed by atoms with Crippen molar-refractivity contribution in [2.45, 2.75) is 38.7 Å². The molecule has 0 heterocycles. The average Bonchev–Trinajstić information content (AvgIpc) is 2.17. The van der Waals surface area contributed by atoms with Gasteiger partial charge in [0.1, 0.15) is 5.82 Å². The fourth-order valence-corrected chi connectivity index (χ4v) is 1.50. The Morgan fingerprint density at radius 2 is 2.00 bits per heavy atom. The summed E-state index contributed by atoms with van der Waals surface area (Å²) in [6, 6.07) is 6.74. The van der Waals surface area contributed by atoms with Gasteiger partial charge in [0.15, 0.2) is 0 Å². The van der Waals surface area contributed by atoms with E-state index in [4.69, 9.17) is 0 Å². The molecule has 14 heavy (non-hydrogen) atoms. The number of hydrogen-bond donors (Lipinski definition) is 1. The second-order valence-electron chi connectivity index (χ2n) is 3.57. The van der Waals surface area contributed by atoms with Crippen LogP contribution in [0.15, 0.2) is 24.3 Å². The quantitative estimate of drug-likeness (QED) is 0.767. The minimum Gasteiger partial charge on any atom is -0.393 e. The summed E-state index contributed by atoms with van der Waals surface area (Å²) in [5.74, 6) is -0.170. The van der Waals surface area contributed by atoms with Crippen LogP contribution < -0.4 is 0 Å². The highest BCUT2D eigenvalue weighted by Crippen LogP contribution is 2.11. The number of benzene rings is 1.